The Labute approximate surface area is 118 Å². The number of nitrogens with zero attached hydrogens (tertiary/aromatic N) is 1. The molecule has 19 heavy (non-hydrogen) atoms. The van der Waals surface area contributed by atoms with Crippen molar-refractivity contribution in [1.29, 1.82) is 0 Å². The molecule has 1 heterocycles. The van der Waals surface area contributed by atoms with Gasteiger partial charge in [0.2, 0.25) is 0 Å². The van der Waals surface area contributed by atoms with Crippen molar-refractivity contribution in [3.63, 3.8) is 0 Å². The molecule has 0 atom stereocenters. The van der Waals surface area contributed by atoms with Crippen molar-refractivity contribution in [3.8, 4) is 0 Å². The predicted octanol–water partition coefficient (Wildman–Crippen LogP) is 2.68. The number of nitrogens with one attached hydrogen (secondary N) is 1. The summed E-state index contributed by atoms with van der Waals surface area (Å²) in [5.41, 5.74) is 8.81. The van der Waals surface area contributed by atoms with E-state index in [0.717, 1.165) is 18.8 Å². The molecule has 0 aliphatic heterocycles. The molecule has 2 aromatic rings. The topological polar surface area (TPSA) is 50.9 Å². The van der Waals surface area contributed by atoms with Gasteiger partial charge in [0.15, 0.2) is 0 Å². The molecule has 0 aliphatic carbocycles. The largest absolute Gasteiger partial charge is 0.388 e. The van der Waals surface area contributed by atoms with Crippen LogP contribution in [0.2, 0.25) is 0 Å². The van der Waals surface area contributed by atoms with Gasteiger partial charge >= 0.3 is 0 Å². The first kappa shape index (κ1) is 13.5. The number of rotatable bonds is 5. The van der Waals surface area contributed by atoms with Gasteiger partial charge in [-0.05, 0) is 31.0 Å². The molecule has 0 bridgehead atoms. The summed E-state index contributed by atoms with van der Waals surface area (Å²) in [6.07, 6.45) is 0.959. The predicted molar refractivity (Wildman–Crippen MR) is 83.5 cm³/mol. The van der Waals surface area contributed by atoms with E-state index in [1.54, 1.807) is 0 Å². The van der Waals surface area contributed by atoms with Crippen LogP contribution in [-0.4, -0.2) is 16.5 Å². The Kier molecular flexibility index (Phi) is 4.47. The molecule has 1 aromatic heterocycles. The molecule has 0 radical (unpaired) electrons. The van der Waals surface area contributed by atoms with Gasteiger partial charge in [-0.1, -0.05) is 48.1 Å². The molecular weight excluding hydrogens is 254 g/mol. The molecule has 98 valence electrons. The highest BCUT2D eigenvalue weighted by Gasteiger charge is 2.00. The molecule has 0 aliphatic rings. The number of nitrogens with two attached hydrogens (primary N) is 1. The smallest absolute Gasteiger partial charge is 0.126 e. The van der Waals surface area contributed by atoms with Crippen molar-refractivity contribution in [2.75, 3.05) is 11.9 Å². The van der Waals surface area contributed by atoms with Gasteiger partial charge in [-0.2, -0.15) is 0 Å². The summed E-state index contributed by atoms with van der Waals surface area (Å²) in [6.45, 7) is 2.93. The van der Waals surface area contributed by atoms with E-state index in [2.05, 4.69) is 41.5 Å². The third-order valence-corrected chi connectivity index (χ3v) is 3.01. The number of thiocarbonyl (C=S) groups is 1. The Balaban J connectivity index is 1.92. The minimum Gasteiger partial charge on any atom is -0.388 e. The van der Waals surface area contributed by atoms with Gasteiger partial charge < -0.3 is 11.1 Å². The van der Waals surface area contributed by atoms with E-state index in [1.165, 1.54) is 11.1 Å². The maximum absolute atomic E-state index is 5.56. The molecule has 0 saturated carbocycles. The summed E-state index contributed by atoms with van der Waals surface area (Å²) in [7, 11) is 0. The van der Waals surface area contributed by atoms with Gasteiger partial charge in [0.05, 0.1) is 5.69 Å². The summed E-state index contributed by atoms with van der Waals surface area (Å²) >= 11 is 4.91. The van der Waals surface area contributed by atoms with Crippen LogP contribution >= 0.6 is 12.2 Å². The lowest BCUT2D eigenvalue weighted by Crippen LogP contribution is -2.13. The monoisotopic (exact) mass is 271 g/mol. The van der Waals surface area contributed by atoms with Crippen LogP contribution in [0.25, 0.3) is 0 Å². The van der Waals surface area contributed by atoms with Crippen LogP contribution in [0.15, 0.2) is 42.5 Å². The van der Waals surface area contributed by atoms with Crippen LogP contribution in [0.3, 0.4) is 0 Å². The Morgan fingerprint density at radius 2 is 2.05 bits per heavy atom. The molecule has 2 rings (SSSR count). The Morgan fingerprint density at radius 3 is 2.79 bits per heavy atom. The van der Waals surface area contributed by atoms with Crippen molar-refractivity contribution >= 4 is 23.0 Å². The van der Waals surface area contributed by atoms with E-state index in [0.29, 0.717) is 10.7 Å². The highest BCUT2D eigenvalue weighted by Crippen LogP contribution is 2.07. The molecule has 0 spiro atoms. The standard InChI is InChI=1S/C15H17N3S/c1-11-4-2-5-12(10-11)8-9-17-14-7-3-6-13(18-14)15(16)19/h2-7,10H,8-9H2,1H3,(H2,16,19)(H,17,18). The molecule has 0 saturated heterocycles. The average molecular weight is 271 g/mol. The second kappa shape index (κ2) is 6.29. The fourth-order valence-corrected chi connectivity index (χ4v) is 1.99. The van der Waals surface area contributed by atoms with Crippen LogP contribution in [0, 0.1) is 6.92 Å². The molecule has 3 N–H and O–H groups in total. The quantitative estimate of drug-likeness (QED) is 0.821. The summed E-state index contributed by atoms with van der Waals surface area (Å²) in [4.78, 5) is 4.67. The van der Waals surface area contributed by atoms with Crippen LogP contribution in [0.5, 0.6) is 0 Å². The lowest BCUT2D eigenvalue weighted by Gasteiger charge is -2.07. The van der Waals surface area contributed by atoms with E-state index in [-0.39, 0.29) is 0 Å². The zero-order valence-electron chi connectivity index (χ0n) is 10.9. The third kappa shape index (κ3) is 4.03. The van der Waals surface area contributed by atoms with Crippen LogP contribution < -0.4 is 11.1 Å². The third-order valence-electron chi connectivity index (χ3n) is 2.80. The Morgan fingerprint density at radius 1 is 1.26 bits per heavy atom. The molecule has 4 heteroatoms. The number of aromatic nitrogens is 1. The zero-order valence-corrected chi connectivity index (χ0v) is 11.7. The van der Waals surface area contributed by atoms with Crippen molar-refractivity contribution in [2.45, 2.75) is 13.3 Å². The first-order chi connectivity index (χ1) is 9.15. The van der Waals surface area contributed by atoms with Gasteiger partial charge in [-0.3, -0.25) is 0 Å². The second-order valence-corrected chi connectivity index (χ2v) is 4.88. The molecule has 0 amide bonds. The molecule has 0 fully saturated rings. The highest BCUT2D eigenvalue weighted by molar-refractivity contribution is 7.80. The number of hydrogen-bond donors (Lipinski definition) is 2. The van der Waals surface area contributed by atoms with E-state index < -0.39 is 0 Å². The number of aryl methyl sites for hydroxylation is 1. The number of pyridine rings is 1. The van der Waals surface area contributed by atoms with E-state index in [9.17, 15) is 0 Å². The maximum atomic E-state index is 5.56. The van der Waals surface area contributed by atoms with E-state index >= 15 is 0 Å². The fourth-order valence-electron chi connectivity index (χ4n) is 1.87. The van der Waals surface area contributed by atoms with Crippen LogP contribution in [-0.2, 0) is 6.42 Å². The first-order valence-corrected chi connectivity index (χ1v) is 6.62. The lowest BCUT2D eigenvalue weighted by molar-refractivity contribution is 1.00. The number of anilines is 1. The first-order valence-electron chi connectivity index (χ1n) is 6.21. The van der Waals surface area contributed by atoms with Gasteiger partial charge in [-0.15, -0.1) is 0 Å². The van der Waals surface area contributed by atoms with Crippen LogP contribution in [0.4, 0.5) is 5.82 Å². The molecule has 0 unspecified atom stereocenters. The number of benzene rings is 1. The molecule has 1 aromatic carbocycles. The van der Waals surface area contributed by atoms with Crippen molar-refractivity contribution in [1.82, 2.24) is 4.98 Å². The number of hydrogen-bond acceptors (Lipinski definition) is 3. The maximum Gasteiger partial charge on any atom is 0.126 e. The Bertz CT molecular complexity index is 581. The van der Waals surface area contributed by atoms with Crippen LogP contribution in [0.1, 0.15) is 16.8 Å². The van der Waals surface area contributed by atoms with Crippen molar-refractivity contribution in [2.24, 2.45) is 5.73 Å². The van der Waals surface area contributed by atoms with Gasteiger partial charge in [0.25, 0.3) is 0 Å². The summed E-state index contributed by atoms with van der Waals surface area (Å²) < 4.78 is 0. The van der Waals surface area contributed by atoms with Crippen molar-refractivity contribution < 1.29 is 0 Å². The molecular formula is C15H17N3S. The molecule has 3 nitrogen and oxygen atoms in total. The lowest BCUT2D eigenvalue weighted by atomic mass is 10.1. The van der Waals surface area contributed by atoms with E-state index in [1.807, 2.05) is 18.2 Å². The van der Waals surface area contributed by atoms with Gasteiger partial charge in [0, 0.05) is 6.54 Å². The normalized spacial score (nSPS) is 10.2. The minimum absolute atomic E-state index is 0.322. The second-order valence-electron chi connectivity index (χ2n) is 4.44. The fraction of sp³-hybridized carbons (Fsp3) is 0.200. The van der Waals surface area contributed by atoms with Crippen molar-refractivity contribution in [3.05, 3.63) is 59.3 Å². The SMILES string of the molecule is Cc1cccc(CCNc2cccc(C(N)=S)n2)c1. The summed E-state index contributed by atoms with van der Waals surface area (Å²) in [6, 6.07) is 14.1. The highest BCUT2D eigenvalue weighted by atomic mass is 32.1. The van der Waals surface area contributed by atoms with E-state index in [4.69, 9.17) is 18.0 Å². The average Bonchev–Trinajstić information content (AvgIpc) is 2.39. The zero-order chi connectivity index (χ0) is 13.7. The van der Waals surface area contributed by atoms with Gasteiger partial charge in [-0.25, -0.2) is 4.98 Å². The summed E-state index contributed by atoms with van der Waals surface area (Å²) in [5.74, 6) is 0.804. The van der Waals surface area contributed by atoms with Gasteiger partial charge in [0.1, 0.15) is 10.8 Å². The minimum atomic E-state index is 0.322. The Hall–Kier alpha value is -1.94. The summed E-state index contributed by atoms with van der Waals surface area (Å²) in [5, 5.41) is 3.28.